The summed E-state index contributed by atoms with van der Waals surface area (Å²) in [6, 6.07) is -0.681. The number of nitrogens with one attached hydrogen (secondary N) is 1. The molecule has 3 saturated carbocycles. The highest BCUT2D eigenvalue weighted by molar-refractivity contribution is 6.43. The number of carbonyl (C=O) groups is 3. The minimum atomic E-state index is -0.978. The van der Waals surface area contributed by atoms with Gasteiger partial charge in [0.1, 0.15) is 5.83 Å². The Labute approximate surface area is 206 Å². The normalized spacial score (nSPS) is 33.3. The van der Waals surface area contributed by atoms with Crippen LogP contribution in [0.4, 0.5) is 4.39 Å². The van der Waals surface area contributed by atoms with E-state index in [2.05, 4.69) is 20.6 Å². The van der Waals surface area contributed by atoms with Gasteiger partial charge in [-0.3, -0.25) is 14.4 Å². The number of Topliss-reactive ketones (excluding diaryl/α,β-unsaturated/α-hetero) is 1. The zero-order valence-electron chi connectivity index (χ0n) is 19.7. The van der Waals surface area contributed by atoms with E-state index in [1.165, 1.54) is 22.0 Å². The van der Waals surface area contributed by atoms with Crippen LogP contribution in [-0.2, 0) is 14.4 Å². The van der Waals surface area contributed by atoms with Crippen molar-refractivity contribution in [1.82, 2.24) is 30.1 Å². The zero-order valence-corrected chi connectivity index (χ0v) is 19.7. The molecule has 0 aromatic carbocycles. The van der Waals surface area contributed by atoms with Gasteiger partial charge in [-0.05, 0) is 37.5 Å². The molecule has 7 rings (SSSR count). The second kappa shape index (κ2) is 8.91. The Morgan fingerprint density at radius 3 is 2.56 bits per heavy atom. The van der Waals surface area contributed by atoms with E-state index in [1.54, 1.807) is 11.1 Å². The third-order valence-corrected chi connectivity index (χ3v) is 8.37. The van der Waals surface area contributed by atoms with E-state index in [-0.39, 0.29) is 36.4 Å². The molecule has 190 valence electrons. The largest absolute Gasteiger partial charge is 0.393 e. The summed E-state index contributed by atoms with van der Waals surface area (Å²) in [5, 5.41) is 20.9. The summed E-state index contributed by atoms with van der Waals surface area (Å²) in [7, 11) is 0. The molecule has 6 unspecified atom stereocenters. The predicted octanol–water partition coefficient (Wildman–Crippen LogP) is -0.142. The highest BCUT2D eigenvalue weighted by Gasteiger charge is 2.47. The van der Waals surface area contributed by atoms with Gasteiger partial charge in [-0.1, -0.05) is 5.21 Å². The number of carbonyl (C=O) groups excluding carboxylic acids is 3. The minimum absolute atomic E-state index is 0.0166. The van der Waals surface area contributed by atoms with E-state index in [0.29, 0.717) is 24.8 Å². The molecule has 2 amide bonds. The number of ketones is 1. The summed E-state index contributed by atoms with van der Waals surface area (Å²) in [4.78, 5) is 46.7. The van der Waals surface area contributed by atoms with Crippen molar-refractivity contribution in [2.75, 3.05) is 26.2 Å². The SMILES string of the molecule is O=C(C(=O)N1CCN(C(=O)C2CC3CCC2C(O)C3)CC1)C1=CNC2C(n3ccnn3)=NC=C(F)C12. The molecule has 0 radical (unpaired) electrons. The molecule has 1 saturated heterocycles. The Balaban J connectivity index is 1.08. The molecule has 1 aromatic heterocycles. The first-order chi connectivity index (χ1) is 17.4. The molecular formula is C24H28FN7O4. The van der Waals surface area contributed by atoms with Crippen LogP contribution in [0.25, 0.3) is 0 Å². The van der Waals surface area contributed by atoms with Gasteiger partial charge in [0, 0.05) is 43.9 Å². The molecule has 1 aromatic rings. The molecule has 6 aliphatic rings. The van der Waals surface area contributed by atoms with Gasteiger partial charge in [0.15, 0.2) is 5.84 Å². The summed E-state index contributed by atoms with van der Waals surface area (Å²) in [6.07, 6.45) is 8.61. The Bertz CT molecular complexity index is 1170. The average molecular weight is 498 g/mol. The summed E-state index contributed by atoms with van der Waals surface area (Å²) >= 11 is 0. The van der Waals surface area contributed by atoms with Crippen molar-refractivity contribution in [2.45, 2.75) is 37.8 Å². The van der Waals surface area contributed by atoms with Gasteiger partial charge in [-0.25, -0.2) is 14.1 Å². The minimum Gasteiger partial charge on any atom is -0.393 e. The topological polar surface area (TPSA) is 133 Å². The first-order valence-corrected chi connectivity index (χ1v) is 12.5. The molecule has 36 heavy (non-hydrogen) atoms. The van der Waals surface area contributed by atoms with Gasteiger partial charge in [0.05, 0.1) is 36.7 Å². The molecule has 4 heterocycles. The summed E-state index contributed by atoms with van der Waals surface area (Å²) < 4.78 is 16.2. The van der Waals surface area contributed by atoms with Crippen molar-refractivity contribution in [3.8, 4) is 0 Å². The molecule has 2 bridgehead atoms. The molecule has 3 aliphatic heterocycles. The average Bonchev–Trinajstić information content (AvgIpc) is 3.59. The molecule has 0 spiro atoms. The maximum atomic E-state index is 14.8. The summed E-state index contributed by atoms with van der Waals surface area (Å²) in [6.45, 7) is 1.14. The number of hydrogen-bond acceptors (Lipinski definition) is 8. The van der Waals surface area contributed by atoms with Crippen LogP contribution in [0.3, 0.4) is 0 Å². The van der Waals surface area contributed by atoms with E-state index < -0.39 is 35.6 Å². The fourth-order valence-corrected chi connectivity index (χ4v) is 6.49. The lowest BCUT2D eigenvalue weighted by Gasteiger charge is -2.47. The maximum absolute atomic E-state index is 14.8. The summed E-state index contributed by atoms with van der Waals surface area (Å²) in [5.41, 5.74) is 0.0389. The number of fused-ring (bicyclic) bond motifs is 4. The number of halogens is 1. The second-order valence-electron chi connectivity index (χ2n) is 10.3. The first-order valence-electron chi connectivity index (χ1n) is 12.5. The molecule has 12 heteroatoms. The molecular weight excluding hydrogens is 469 g/mol. The van der Waals surface area contributed by atoms with Gasteiger partial charge < -0.3 is 20.2 Å². The number of aromatic nitrogens is 3. The monoisotopic (exact) mass is 497 g/mol. The van der Waals surface area contributed by atoms with E-state index in [4.69, 9.17) is 0 Å². The van der Waals surface area contributed by atoms with Crippen LogP contribution in [0.15, 0.2) is 41.2 Å². The summed E-state index contributed by atoms with van der Waals surface area (Å²) in [5.74, 6) is -2.39. The van der Waals surface area contributed by atoms with Gasteiger partial charge in [0.25, 0.3) is 5.91 Å². The van der Waals surface area contributed by atoms with E-state index >= 15 is 0 Å². The smallest absolute Gasteiger partial charge is 0.294 e. The molecule has 3 aliphatic carbocycles. The zero-order chi connectivity index (χ0) is 25.0. The number of aliphatic hydroxyl groups is 1. The van der Waals surface area contributed by atoms with Crippen molar-refractivity contribution < 1.29 is 23.9 Å². The Kier molecular flexibility index (Phi) is 5.70. The van der Waals surface area contributed by atoms with Crippen LogP contribution in [0.2, 0.25) is 0 Å². The standard InChI is InChI=1S/C24H28FN7O4/c25-17-12-27-22(32-4-3-28-29-32)20-19(17)16(11-26-20)21(34)24(36)31-7-5-30(6-8-31)23(35)15-9-13-1-2-14(15)18(33)10-13/h3-4,11-15,18-20,26,33H,1-2,5-10H2. The first kappa shape index (κ1) is 23.0. The quantitative estimate of drug-likeness (QED) is 0.556. The van der Waals surface area contributed by atoms with Crippen molar-refractivity contribution in [3.63, 3.8) is 0 Å². The van der Waals surface area contributed by atoms with Crippen LogP contribution in [0, 0.1) is 23.7 Å². The molecule has 11 nitrogen and oxygen atoms in total. The predicted molar refractivity (Wildman–Crippen MR) is 124 cm³/mol. The van der Waals surface area contributed by atoms with Crippen molar-refractivity contribution in [2.24, 2.45) is 28.7 Å². The lowest BCUT2D eigenvalue weighted by atomic mass is 9.63. The molecule has 2 N–H and O–H groups in total. The van der Waals surface area contributed by atoms with E-state index in [9.17, 15) is 23.9 Å². The highest BCUT2D eigenvalue weighted by Crippen LogP contribution is 2.46. The van der Waals surface area contributed by atoms with Crippen LogP contribution in [0.1, 0.15) is 25.7 Å². The van der Waals surface area contributed by atoms with Crippen LogP contribution in [0.5, 0.6) is 0 Å². The lowest BCUT2D eigenvalue weighted by Crippen LogP contribution is -2.56. The van der Waals surface area contributed by atoms with Crippen LogP contribution in [-0.4, -0.2) is 91.7 Å². The molecule has 4 fully saturated rings. The number of rotatable bonds is 3. The third kappa shape index (κ3) is 3.74. The van der Waals surface area contributed by atoms with Gasteiger partial charge in [-0.2, -0.15) is 0 Å². The third-order valence-electron chi connectivity index (χ3n) is 8.37. The van der Waals surface area contributed by atoms with Crippen LogP contribution >= 0.6 is 0 Å². The number of aliphatic imine (C=N–C) groups is 1. The number of nitrogens with zero attached hydrogens (tertiary/aromatic N) is 6. The van der Waals surface area contributed by atoms with Crippen molar-refractivity contribution in [3.05, 3.63) is 36.2 Å². The van der Waals surface area contributed by atoms with Crippen LogP contribution < -0.4 is 5.32 Å². The van der Waals surface area contributed by atoms with E-state index in [0.717, 1.165) is 31.9 Å². The Morgan fingerprint density at radius 1 is 1.08 bits per heavy atom. The van der Waals surface area contributed by atoms with Crippen molar-refractivity contribution >= 4 is 23.4 Å². The number of hydrogen-bond donors (Lipinski definition) is 2. The fourth-order valence-electron chi connectivity index (χ4n) is 6.49. The maximum Gasteiger partial charge on any atom is 0.294 e. The van der Waals surface area contributed by atoms with Gasteiger partial charge in [0.2, 0.25) is 11.7 Å². The molecule has 6 atom stereocenters. The highest BCUT2D eigenvalue weighted by atomic mass is 19.1. The Morgan fingerprint density at radius 2 is 1.86 bits per heavy atom. The fraction of sp³-hybridized carbons (Fsp3) is 0.583. The van der Waals surface area contributed by atoms with Crippen molar-refractivity contribution in [1.29, 1.82) is 0 Å². The number of aliphatic hydroxyl groups excluding tert-OH is 1. The Hall–Kier alpha value is -3.41. The lowest BCUT2D eigenvalue weighted by molar-refractivity contribution is -0.151. The number of piperazine rings is 1. The second-order valence-corrected chi connectivity index (χ2v) is 10.3. The number of amides is 2. The van der Waals surface area contributed by atoms with Gasteiger partial charge >= 0.3 is 0 Å². The van der Waals surface area contributed by atoms with Gasteiger partial charge in [-0.15, -0.1) is 5.10 Å². The van der Waals surface area contributed by atoms with E-state index in [1.807, 2.05) is 0 Å².